The monoisotopic (exact) mass is 688 g/mol. The van der Waals surface area contributed by atoms with Gasteiger partial charge in [-0.15, -0.1) is 0 Å². The van der Waals surface area contributed by atoms with Crippen LogP contribution in [-0.2, 0) is 14.3 Å². The number of unbranched alkanes of at least 4 members (excludes halogenated alkanes) is 22. The molecular formula is C44H81NO4. The molecule has 0 radical (unpaired) electrons. The van der Waals surface area contributed by atoms with Gasteiger partial charge >= 0.3 is 11.9 Å². The number of hydrogen-bond acceptors (Lipinski definition) is 4. The fourth-order valence-electron chi connectivity index (χ4n) is 7.01. The molecule has 0 aromatic heterocycles. The molecule has 0 spiro atoms. The van der Waals surface area contributed by atoms with E-state index in [0.29, 0.717) is 25.4 Å². The summed E-state index contributed by atoms with van der Waals surface area (Å²) in [6.45, 7) is 6.55. The van der Waals surface area contributed by atoms with Crippen molar-refractivity contribution in [1.29, 1.82) is 0 Å². The fraction of sp³-hybridized carbons (Fsp3) is 0.864. The third kappa shape index (κ3) is 33.3. The number of rotatable bonds is 37. The van der Waals surface area contributed by atoms with Crippen molar-refractivity contribution in [2.45, 2.75) is 212 Å². The van der Waals surface area contributed by atoms with E-state index in [1.807, 2.05) is 0 Å². The molecule has 0 bridgehead atoms. The van der Waals surface area contributed by atoms with Crippen LogP contribution in [0.4, 0.5) is 0 Å². The number of carbonyl (C=O) groups excluding carboxylic acids is 1. The highest BCUT2D eigenvalue weighted by Crippen LogP contribution is 2.19. The van der Waals surface area contributed by atoms with Gasteiger partial charge in [-0.2, -0.15) is 0 Å². The summed E-state index contributed by atoms with van der Waals surface area (Å²) in [7, 11) is 0. The molecule has 0 aliphatic carbocycles. The van der Waals surface area contributed by atoms with Gasteiger partial charge in [0.15, 0.2) is 0 Å². The first-order chi connectivity index (χ1) is 24.1. The maximum absolute atomic E-state index is 12.5. The van der Waals surface area contributed by atoms with Crippen LogP contribution in [0.2, 0.25) is 0 Å². The second kappa shape index (κ2) is 36.2. The van der Waals surface area contributed by atoms with Crippen LogP contribution in [0.25, 0.3) is 0 Å². The van der Waals surface area contributed by atoms with E-state index in [-0.39, 0.29) is 5.97 Å². The molecule has 5 nitrogen and oxygen atoms in total. The molecule has 1 atom stereocenters. The Kier molecular flexibility index (Phi) is 33.5. The fourth-order valence-corrected chi connectivity index (χ4v) is 7.01. The van der Waals surface area contributed by atoms with Crippen LogP contribution in [0.15, 0.2) is 24.3 Å². The van der Waals surface area contributed by atoms with Crippen LogP contribution >= 0.6 is 0 Å². The zero-order valence-corrected chi connectivity index (χ0v) is 32.5. The van der Waals surface area contributed by atoms with E-state index in [4.69, 9.17) is 9.84 Å². The summed E-state index contributed by atoms with van der Waals surface area (Å²) < 4.78 is 5.83. The smallest absolute Gasteiger partial charge is 0.305 e. The van der Waals surface area contributed by atoms with Crippen molar-refractivity contribution in [2.75, 3.05) is 26.2 Å². The number of carboxylic acid groups (broad SMARTS) is 1. The number of ether oxygens (including phenoxy) is 1. The van der Waals surface area contributed by atoms with Gasteiger partial charge < -0.3 is 14.7 Å². The van der Waals surface area contributed by atoms with Gasteiger partial charge in [-0.1, -0.05) is 134 Å². The van der Waals surface area contributed by atoms with Gasteiger partial charge in [0, 0.05) is 12.8 Å². The Balaban J connectivity index is 2.03. The highest BCUT2D eigenvalue weighted by molar-refractivity contribution is 5.69. The molecule has 1 aliphatic heterocycles. The third-order valence-electron chi connectivity index (χ3n) is 10.3. The molecule has 1 fully saturated rings. The SMILES string of the molecule is CCCCCCCCC=CCCCCCCCC(=O)OCC(CCCCCCCCC=CCCCCCCCC(=O)O)CCN1CCCC1. The van der Waals surface area contributed by atoms with Crippen LogP contribution < -0.4 is 0 Å². The van der Waals surface area contributed by atoms with Gasteiger partial charge in [-0.3, -0.25) is 9.59 Å². The molecule has 0 aromatic carbocycles. The van der Waals surface area contributed by atoms with E-state index in [2.05, 4.69) is 36.1 Å². The van der Waals surface area contributed by atoms with Gasteiger partial charge in [-0.05, 0) is 115 Å². The average Bonchev–Trinajstić information content (AvgIpc) is 3.62. The molecule has 1 aliphatic rings. The highest BCUT2D eigenvalue weighted by Gasteiger charge is 2.16. The van der Waals surface area contributed by atoms with Crippen LogP contribution in [0, 0.1) is 5.92 Å². The van der Waals surface area contributed by atoms with Gasteiger partial charge in [0.2, 0.25) is 0 Å². The van der Waals surface area contributed by atoms with E-state index in [0.717, 1.165) is 51.5 Å². The minimum absolute atomic E-state index is 0.0193. The quantitative estimate of drug-likeness (QED) is 0.0400. The number of carbonyl (C=O) groups is 2. The largest absolute Gasteiger partial charge is 0.481 e. The normalized spacial score (nSPS) is 14.4. The number of esters is 1. The average molecular weight is 688 g/mol. The summed E-state index contributed by atoms with van der Waals surface area (Å²) in [6, 6.07) is 0. The van der Waals surface area contributed by atoms with Gasteiger partial charge in [0.05, 0.1) is 6.61 Å². The van der Waals surface area contributed by atoms with E-state index in [1.54, 1.807) is 0 Å². The molecule has 286 valence electrons. The molecule has 0 saturated carbocycles. The minimum Gasteiger partial charge on any atom is -0.481 e. The molecule has 0 aromatic rings. The predicted octanol–water partition coefficient (Wildman–Crippen LogP) is 13.2. The second-order valence-electron chi connectivity index (χ2n) is 15.1. The molecule has 49 heavy (non-hydrogen) atoms. The first-order valence-electron chi connectivity index (χ1n) is 21.5. The zero-order valence-electron chi connectivity index (χ0n) is 32.5. The van der Waals surface area contributed by atoms with Crippen molar-refractivity contribution in [3.05, 3.63) is 24.3 Å². The molecular weight excluding hydrogens is 606 g/mol. The summed E-state index contributed by atoms with van der Waals surface area (Å²) in [6.07, 6.45) is 47.6. The van der Waals surface area contributed by atoms with Crippen molar-refractivity contribution < 1.29 is 19.4 Å². The van der Waals surface area contributed by atoms with Crippen LogP contribution in [0.1, 0.15) is 212 Å². The Hall–Kier alpha value is -1.62. The van der Waals surface area contributed by atoms with Gasteiger partial charge in [-0.25, -0.2) is 0 Å². The van der Waals surface area contributed by atoms with E-state index >= 15 is 0 Å². The van der Waals surface area contributed by atoms with Crippen molar-refractivity contribution in [2.24, 2.45) is 5.92 Å². The number of carboxylic acids is 1. The molecule has 1 rings (SSSR count). The third-order valence-corrected chi connectivity index (χ3v) is 10.3. The Labute approximate surface area is 304 Å². The topological polar surface area (TPSA) is 66.8 Å². The summed E-state index contributed by atoms with van der Waals surface area (Å²) in [5.74, 6) is -0.145. The lowest BCUT2D eigenvalue weighted by molar-refractivity contribution is -0.145. The molecule has 1 N–H and O–H groups in total. The summed E-state index contributed by atoms with van der Waals surface area (Å²) in [4.78, 5) is 25.7. The van der Waals surface area contributed by atoms with E-state index in [1.165, 1.54) is 161 Å². The first-order valence-corrected chi connectivity index (χ1v) is 21.5. The number of likely N-dealkylation sites (tertiary alicyclic amines) is 1. The Morgan fingerprint density at radius 1 is 0.571 bits per heavy atom. The summed E-state index contributed by atoms with van der Waals surface area (Å²) >= 11 is 0. The zero-order chi connectivity index (χ0) is 35.3. The van der Waals surface area contributed by atoms with E-state index in [9.17, 15) is 9.59 Å². The van der Waals surface area contributed by atoms with Crippen molar-refractivity contribution in [1.82, 2.24) is 4.90 Å². The van der Waals surface area contributed by atoms with E-state index < -0.39 is 5.97 Å². The van der Waals surface area contributed by atoms with Crippen molar-refractivity contribution >= 4 is 11.9 Å². The standard InChI is InChI=1S/C44H81NO4/c1-2-3-4-5-6-7-8-9-11-16-19-22-25-28-31-36-44(48)49-41-42(37-40-45-38-32-33-39-45)34-29-26-23-20-17-14-12-10-13-15-18-21-24-27-30-35-43(46)47/h9-11,13,42H,2-8,12,14-41H2,1H3,(H,46,47). The molecule has 5 heteroatoms. The van der Waals surface area contributed by atoms with Crippen LogP contribution in [0.5, 0.6) is 0 Å². The lowest BCUT2D eigenvalue weighted by Gasteiger charge is -2.21. The first kappa shape index (κ1) is 45.4. The number of allylic oxidation sites excluding steroid dienone is 4. The molecule has 0 amide bonds. The Morgan fingerprint density at radius 3 is 1.49 bits per heavy atom. The summed E-state index contributed by atoms with van der Waals surface area (Å²) in [5, 5.41) is 8.68. The lowest BCUT2D eigenvalue weighted by atomic mass is 9.97. The van der Waals surface area contributed by atoms with Gasteiger partial charge in [0.1, 0.15) is 0 Å². The highest BCUT2D eigenvalue weighted by atomic mass is 16.5. The Bertz CT molecular complexity index is 788. The summed E-state index contributed by atoms with van der Waals surface area (Å²) in [5.41, 5.74) is 0. The molecule has 1 saturated heterocycles. The van der Waals surface area contributed by atoms with Crippen molar-refractivity contribution in [3.8, 4) is 0 Å². The van der Waals surface area contributed by atoms with Crippen LogP contribution in [0.3, 0.4) is 0 Å². The minimum atomic E-state index is -0.672. The number of aliphatic carboxylic acids is 1. The lowest BCUT2D eigenvalue weighted by Crippen LogP contribution is -2.24. The predicted molar refractivity (Wildman–Crippen MR) is 210 cm³/mol. The Morgan fingerprint density at radius 2 is 1.00 bits per heavy atom. The molecule has 1 heterocycles. The van der Waals surface area contributed by atoms with Gasteiger partial charge in [0.25, 0.3) is 0 Å². The van der Waals surface area contributed by atoms with Crippen molar-refractivity contribution in [3.63, 3.8) is 0 Å². The molecule has 1 unspecified atom stereocenters. The van der Waals surface area contributed by atoms with Crippen LogP contribution in [-0.4, -0.2) is 48.2 Å². The second-order valence-corrected chi connectivity index (χ2v) is 15.1. The maximum atomic E-state index is 12.5. The maximum Gasteiger partial charge on any atom is 0.305 e. The number of hydrogen-bond donors (Lipinski definition) is 1. The number of nitrogens with zero attached hydrogens (tertiary/aromatic N) is 1.